The van der Waals surface area contributed by atoms with Crippen molar-refractivity contribution in [3.63, 3.8) is 0 Å². The molecule has 2 aliphatic carbocycles. The van der Waals surface area contributed by atoms with Gasteiger partial charge in [-0.25, -0.2) is 0 Å². The fourth-order valence-electron chi connectivity index (χ4n) is 11.1. The molecule has 10 aromatic carbocycles. The number of hydrogen-bond donors (Lipinski definition) is 0. The van der Waals surface area contributed by atoms with E-state index in [1.54, 1.807) is 0 Å². The lowest BCUT2D eigenvalue weighted by Gasteiger charge is -2.35. The van der Waals surface area contributed by atoms with Gasteiger partial charge in [-0.2, -0.15) is 0 Å². The van der Waals surface area contributed by atoms with E-state index in [0.717, 1.165) is 17.1 Å². The molecule has 12 rings (SSSR count). The fourth-order valence-corrected chi connectivity index (χ4v) is 11.1. The van der Waals surface area contributed by atoms with Crippen LogP contribution in [0.4, 0.5) is 17.1 Å². The molecule has 0 saturated heterocycles. The van der Waals surface area contributed by atoms with Gasteiger partial charge in [0.1, 0.15) is 0 Å². The van der Waals surface area contributed by atoms with E-state index in [1.807, 2.05) is 0 Å². The Bertz CT molecular complexity index is 3180. The van der Waals surface area contributed by atoms with Gasteiger partial charge in [-0.3, -0.25) is 0 Å². The largest absolute Gasteiger partial charge is 0.310 e. The van der Waals surface area contributed by atoms with Crippen LogP contribution in [0.5, 0.6) is 0 Å². The average Bonchev–Trinajstić information content (AvgIpc) is 3.85. The molecule has 296 valence electrons. The van der Waals surface area contributed by atoms with Crippen LogP contribution < -0.4 is 4.90 Å². The Kier molecular flexibility index (Phi) is 8.69. The van der Waals surface area contributed by atoms with Gasteiger partial charge in [0.15, 0.2) is 0 Å². The lowest BCUT2D eigenvalue weighted by atomic mass is 9.67. The summed E-state index contributed by atoms with van der Waals surface area (Å²) < 4.78 is 0. The third-order valence-corrected chi connectivity index (χ3v) is 13.6. The zero-order valence-corrected chi connectivity index (χ0v) is 34.8. The van der Waals surface area contributed by atoms with Crippen molar-refractivity contribution in [3.05, 3.63) is 305 Å². The maximum Gasteiger partial charge on any atom is 0.0714 e. The molecule has 0 aliphatic heterocycles. The minimum Gasteiger partial charge on any atom is -0.310 e. The molecule has 10 aromatic rings. The Morgan fingerprint density at radius 2 is 0.651 bits per heavy atom. The van der Waals surface area contributed by atoms with Crippen LogP contribution in [0.2, 0.25) is 0 Å². The standard InChI is InChI=1S/C62H43N/c1-5-21-44(22-6-1)45-23-19-30-51(43-45)63(50-41-39-49(40-42-50)61(46-24-7-2-8-25-46)55-34-16-13-31-52(55)53-32-14-17-35-56(53)61)59-38-20-37-58-60(59)54-33-15-18-36-57(54)62(58,47-26-9-3-10-27-47)48-28-11-4-12-29-48/h1-43H. The molecule has 1 nitrogen and oxygen atoms in total. The van der Waals surface area contributed by atoms with Gasteiger partial charge in [-0.05, 0) is 103 Å². The highest BCUT2D eigenvalue weighted by atomic mass is 15.1. The summed E-state index contributed by atoms with van der Waals surface area (Å²) in [4.78, 5) is 2.49. The van der Waals surface area contributed by atoms with E-state index in [1.165, 1.54) is 77.9 Å². The monoisotopic (exact) mass is 801 g/mol. The van der Waals surface area contributed by atoms with Crippen molar-refractivity contribution < 1.29 is 0 Å². The summed E-state index contributed by atoms with van der Waals surface area (Å²) in [5.41, 5.74) is 20.0. The minimum atomic E-state index is -0.517. The summed E-state index contributed by atoms with van der Waals surface area (Å²) in [6, 6.07) is 96.4. The van der Waals surface area contributed by atoms with Gasteiger partial charge < -0.3 is 4.90 Å². The van der Waals surface area contributed by atoms with E-state index < -0.39 is 10.8 Å². The molecule has 0 amide bonds. The molecule has 0 atom stereocenters. The second kappa shape index (κ2) is 14.9. The number of benzene rings is 10. The van der Waals surface area contributed by atoms with Gasteiger partial charge in [-0.15, -0.1) is 0 Å². The van der Waals surface area contributed by atoms with Crippen LogP contribution in [-0.2, 0) is 10.8 Å². The van der Waals surface area contributed by atoms with Gasteiger partial charge in [0.05, 0.1) is 16.5 Å². The highest BCUT2D eigenvalue weighted by molar-refractivity contribution is 5.98. The van der Waals surface area contributed by atoms with Crippen LogP contribution in [0.15, 0.2) is 261 Å². The summed E-state index contributed by atoms with van der Waals surface area (Å²) in [5, 5.41) is 0. The van der Waals surface area contributed by atoms with Gasteiger partial charge >= 0.3 is 0 Å². The molecule has 0 spiro atoms. The Morgan fingerprint density at radius 3 is 1.21 bits per heavy atom. The Morgan fingerprint density at radius 1 is 0.254 bits per heavy atom. The number of hydrogen-bond acceptors (Lipinski definition) is 1. The van der Waals surface area contributed by atoms with Crippen molar-refractivity contribution in [1.29, 1.82) is 0 Å². The second-order valence-electron chi connectivity index (χ2n) is 16.7. The maximum atomic E-state index is 2.49. The van der Waals surface area contributed by atoms with Gasteiger partial charge in [0, 0.05) is 16.9 Å². The first-order valence-electron chi connectivity index (χ1n) is 21.9. The minimum absolute atomic E-state index is 0.483. The van der Waals surface area contributed by atoms with E-state index >= 15 is 0 Å². The molecule has 0 bridgehead atoms. The molecule has 0 aromatic heterocycles. The van der Waals surface area contributed by atoms with Gasteiger partial charge in [-0.1, -0.05) is 231 Å². The number of fused-ring (bicyclic) bond motifs is 6. The van der Waals surface area contributed by atoms with Crippen molar-refractivity contribution in [3.8, 4) is 33.4 Å². The second-order valence-corrected chi connectivity index (χ2v) is 16.7. The first kappa shape index (κ1) is 36.8. The number of rotatable bonds is 8. The third-order valence-electron chi connectivity index (χ3n) is 13.6. The molecule has 0 fully saturated rings. The summed E-state index contributed by atoms with van der Waals surface area (Å²) in [7, 11) is 0. The van der Waals surface area contributed by atoms with E-state index in [4.69, 9.17) is 0 Å². The quantitative estimate of drug-likeness (QED) is 0.148. The van der Waals surface area contributed by atoms with Gasteiger partial charge in [0.2, 0.25) is 0 Å². The lowest BCUT2D eigenvalue weighted by molar-refractivity contribution is 0.768. The van der Waals surface area contributed by atoms with Crippen molar-refractivity contribution >= 4 is 17.1 Å². The topological polar surface area (TPSA) is 3.24 Å². The van der Waals surface area contributed by atoms with Crippen LogP contribution in [0, 0.1) is 0 Å². The highest BCUT2D eigenvalue weighted by Gasteiger charge is 2.48. The zero-order valence-electron chi connectivity index (χ0n) is 34.8. The van der Waals surface area contributed by atoms with Gasteiger partial charge in [0.25, 0.3) is 0 Å². The van der Waals surface area contributed by atoms with E-state index in [-0.39, 0.29) is 0 Å². The first-order chi connectivity index (χ1) is 31.3. The van der Waals surface area contributed by atoms with Crippen LogP contribution in [-0.4, -0.2) is 0 Å². The van der Waals surface area contributed by atoms with Crippen molar-refractivity contribution in [2.24, 2.45) is 0 Å². The molecule has 0 radical (unpaired) electrons. The molecule has 0 unspecified atom stereocenters. The third kappa shape index (κ3) is 5.50. The zero-order chi connectivity index (χ0) is 41.8. The molecular weight excluding hydrogens is 759 g/mol. The lowest BCUT2D eigenvalue weighted by Crippen LogP contribution is -2.28. The first-order valence-corrected chi connectivity index (χ1v) is 21.9. The summed E-state index contributed by atoms with van der Waals surface area (Å²) in [6.45, 7) is 0. The molecule has 63 heavy (non-hydrogen) atoms. The predicted molar refractivity (Wildman–Crippen MR) is 261 cm³/mol. The predicted octanol–water partition coefficient (Wildman–Crippen LogP) is 15.5. The number of nitrogens with zero attached hydrogens (tertiary/aromatic N) is 1. The smallest absolute Gasteiger partial charge is 0.0714 e. The molecular formula is C62H43N. The Hall–Kier alpha value is -8.00. The SMILES string of the molecule is c1ccc(-c2cccc(N(c3ccc(C4(c5ccccc5)c5ccccc5-c5ccccc54)cc3)c3cccc4c3-c3ccccc3C4(c3ccccc3)c3ccccc3)c2)cc1. The summed E-state index contributed by atoms with van der Waals surface area (Å²) in [5.74, 6) is 0. The number of anilines is 3. The van der Waals surface area contributed by atoms with Crippen molar-refractivity contribution in [2.75, 3.05) is 4.90 Å². The van der Waals surface area contributed by atoms with Crippen LogP contribution in [0.25, 0.3) is 33.4 Å². The van der Waals surface area contributed by atoms with Crippen LogP contribution >= 0.6 is 0 Å². The molecule has 2 aliphatic rings. The molecule has 0 heterocycles. The van der Waals surface area contributed by atoms with Crippen LogP contribution in [0.1, 0.15) is 44.5 Å². The van der Waals surface area contributed by atoms with Crippen molar-refractivity contribution in [1.82, 2.24) is 0 Å². The highest BCUT2D eigenvalue weighted by Crippen LogP contribution is 2.60. The molecule has 0 saturated carbocycles. The molecule has 1 heteroatoms. The molecule has 0 N–H and O–H groups in total. The van der Waals surface area contributed by atoms with E-state index in [9.17, 15) is 0 Å². The summed E-state index contributed by atoms with van der Waals surface area (Å²) >= 11 is 0. The Balaban J connectivity index is 1.12. The Labute approximate surface area is 369 Å². The normalized spacial score (nSPS) is 13.7. The fraction of sp³-hybridized carbons (Fsp3) is 0.0323. The van der Waals surface area contributed by atoms with Crippen molar-refractivity contribution in [2.45, 2.75) is 10.8 Å². The van der Waals surface area contributed by atoms with E-state index in [2.05, 4.69) is 266 Å². The maximum absolute atomic E-state index is 2.49. The summed E-state index contributed by atoms with van der Waals surface area (Å²) in [6.07, 6.45) is 0. The van der Waals surface area contributed by atoms with E-state index in [0.29, 0.717) is 0 Å². The average molecular weight is 802 g/mol. The van der Waals surface area contributed by atoms with Crippen LogP contribution in [0.3, 0.4) is 0 Å².